The second-order valence-corrected chi connectivity index (χ2v) is 6.95. The summed E-state index contributed by atoms with van der Waals surface area (Å²) in [6, 6.07) is 5.10. The Bertz CT molecular complexity index is 688. The molecule has 1 aliphatic carbocycles. The van der Waals surface area contributed by atoms with E-state index in [-0.39, 0.29) is 5.69 Å². The van der Waals surface area contributed by atoms with Gasteiger partial charge in [-0.3, -0.25) is 14.5 Å². The molecular formula is C14H18FN3O3S. The second-order valence-electron chi connectivity index (χ2n) is 5.04. The molecule has 0 bridgehead atoms. The smallest absolute Gasteiger partial charge is 0.259 e. The molecule has 0 saturated heterocycles. The first-order valence-corrected chi connectivity index (χ1v) is 8.68. The summed E-state index contributed by atoms with van der Waals surface area (Å²) in [5, 5.41) is 0. The SMILES string of the molecule is CS(=O)(=O)N(CC(=O)NNC1=CCCC1)c1cccc(F)c1. The maximum atomic E-state index is 13.3. The summed E-state index contributed by atoms with van der Waals surface area (Å²) in [6.45, 7) is -0.428. The van der Waals surface area contributed by atoms with Crippen molar-refractivity contribution in [2.24, 2.45) is 0 Å². The van der Waals surface area contributed by atoms with Crippen molar-refractivity contribution in [3.63, 3.8) is 0 Å². The maximum Gasteiger partial charge on any atom is 0.259 e. The van der Waals surface area contributed by atoms with Crippen LogP contribution in [-0.2, 0) is 14.8 Å². The number of carbonyl (C=O) groups excluding carboxylic acids is 1. The molecule has 1 aliphatic rings. The standard InChI is InChI=1S/C14H18FN3O3S/c1-22(20,21)18(13-8-4-5-11(15)9-13)10-14(19)17-16-12-6-2-3-7-12/h4-6,8-9,16H,2-3,7,10H2,1H3,(H,17,19). The van der Waals surface area contributed by atoms with Crippen molar-refractivity contribution >= 4 is 21.6 Å². The van der Waals surface area contributed by atoms with E-state index in [9.17, 15) is 17.6 Å². The van der Waals surface area contributed by atoms with Crippen LogP contribution in [0.25, 0.3) is 0 Å². The average molecular weight is 327 g/mol. The van der Waals surface area contributed by atoms with Gasteiger partial charge < -0.3 is 5.43 Å². The van der Waals surface area contributed by atoms with Crippen LogP contribution in [0.2, 0.25) is 0 Å². The summed E-state index contributed by atoms with van der Waals surface area (Å²) in [6.07, 6.45) is 5.77. The van der Waals surface area contributed by atoms with Gasteiger partial charge in [0.1, 0.15) is 12.4 Å². The maximum absolute atomic E-state index is 13.3. The van der Waals surface area contributed by atoms with Crippen molar-refractivity contribution in [3.8, 4) is 0 Å². The summed E-state index contributed by atoms with van der Waals surface area (Å²) < 4.78 is 37.8. The van der Waals surface area contributed by atoms with Crippen LogP contribution in [0.15, 0.2) is 36.0 Å². The molecule has 0 heterocycles. The highest BCUT2D eigenvalue weighted by molar-refractivity contribution is 7.92. The van der Waals surface area contributed by atoms with Gasteiger partial charge in [-0.15, -0.1) is 0 Å². The number of allylic oxidation sites excluding steroid dienone is 2. The summed E-state index contributed by atoms with van der Waals surface area (Å²) >= 11 is 0. The predicted octanol–water partition coefficient (Wildman–Crippen LogP) is 1.28. The minimum Gasteiger partial charge on any atom is -0.303 e. The van der Waals surface area contributed by atoms with Crippen LogP contribution in [0.1, 0.15) is 19.3 Å². The van der Waals surface area contributed by atoms with Gasteiger partial charge in [0.25, 0.3) is 5.91 Å². The lowest BCUT2D eigenvalue weighted by atomic mass is 10.3. The van der Waals surface area contributed by atoms with Crippen LogP contribution in [-0.4, -0.2) is 27.1 Å². The third-order valence-corrected chi connectivity index (χ3v) is 4.33. The molecular weight excluding hydrogens is 309 g/mol. The van der Waals surface area contributed by atoms with Crippen LogP contribution in [0, 0.1) is 5.82 Å². The van der Waals surface area contributed by atoms with Gasteiger partial charge in [-0.25, -0.2) is 12.8 Å². The molecule has 6 nitrogen and oxygen atoms in total. The average Bonchev–Trinajstić information content (AvgIpc) is 2.94. The summed E-state index contributed by atoms with van der Waals surface area (Å²) in [5.41, 5.74) is 6.24. The Morgan fingerprint density at radius 1 is 1.41 bits per heavy atom. The first kappa shape index (κ1) is 16.3. The lowest BCUT2D eigenvalue weighted by Crippen LogP contribution is -2.45. The van der Waals surface area contributed by atoms with Gasteiger partial charge in [0.2, 0.25) is 10.0 Å². The third kappa shape index (κ3) is 4.45. The molecule has 1 amide bonds. The molecule has 1 aromatic rings. The van der Waals surface area contributed by atoms with Crippen LogP contribution < -0.4 is 15.2 Å². The molecule has 0 unspecified atom stereocenters. The Labute approximate surface area is 129 Å². The highest BCUT2D eigenvalue weighted by atomic mass is 32.2. The highest BCUT2D eigenvalue weighted by Crippen LogP contribution is 2.18. The number of sulfonamides is 1. The Kier molecular flexibility index (Phi) is 5.02. The first-order valence-electron chi connectivity index (χ1n) is 6.83. The number of halogens is 1. The number of hydrogen-bond acceptors (Lipinski definition) is 4. The molecule has 0 fully saturated rings. The van der Waals surface area contributed by atoms with Crippen molar-refractivity contribution in [1.29, 1.82) is 0 Å². The molecule has 8 heteroatoms. The van der Waals surface area contributed by atoms with E-state index in [2.05, 4.69) is 10.9 Å². The van der Waals surface area contributed by atoms with Gasteiger partial charge in [0, 0.05) is 5.70 Å². The van der Waals surface area contributed by atoms with E-state index in [1.807, 2.05) is 6.08 Å². The monoisotopic (exact) mass is 327 g/mol. The fourth-order valence-corrected chi connectivity index (χ4v) is 2.98. The quantitative estimate of drug-likeness (QED) is 0.772. The van der Waals surface area contributed by atoms with Crippen molar-refractivity contribution < 1.29 is 17.6 Å². The molecule has 0 aromatic heterocycles. The van der Waals surface area contributed by atoms with E-state index in [4.69, 9.17) is 0 Å². The molecule has 0 saturated carbocycles. The lowest BCUT2D eigenvalue weighted by Gasteiger charge is -2.22. The van der Waals surface area contributed by atoms with Gasteiger partial charge in [-0.1, -0.05) is 12.1 Å². The van der Waals surface area contributed by atoms with E-state index in [1.165, 1.54) is 18.2 Å². The van der Waals surface area contributed by atoms with Gasteiger partial charge in [0.05, 0.1) is 11.9 Å². The van der Waals surface area contributed by atoms with E-state index in [0.717, 1.165) is 41.6 Å². The number of benzene rings is 1. The van der Waals surface area contributed by atoms with Crippen molar-refractivity contribution in [1.82, 2.24) is 10.9 Å². The molecule has 2 rings (SSSR count). The predicted molar refractivity (Wildman–Crippen MR) is 81.8 cm³/mol. The second kappa shape index (κ2) is 6.78. The first-order chi connectivity index (χ1) is 10.4. The van der Waals surface area contributed by atoms with E-state index >= 15 is 0 Å². The lowest BCUT2D eigenvalue weighted by molar-refractivity contribution is -0.120. The van der Waals surface area contributed by atoms with E-state index in [0.29, 0.717) is 0 Å². The minimum absolute atomic E-state index is 0.109. The minimum atomic E-state index is -3.70. The van der Waals surface area contributed by atoms with E-state index in [1.54, 1.807) is 0 Å². The Hall–Kier alpha value is -2.09. The summed E-state index contributed by atoms with van der Waals surface area (Å²) in [5.74, 6) is -1.09. The number of nitrogens with zero attached hydrogens (tertiary/aromatic N) is 1. The Morgan fingerprint density at radius 2 is 2.18 bits per heavy atom. The Balaban J connectivity index is 2.05. The van der Waals surface area contributed by atoms with Gasteiger partial charge in [0.15, 0.2) is 0 Å². The van der Waals surface area contributed by atoms with Crippen LogP contribution in [0.3, 0.4) is 0 Å². The van der Waals surface area contributed by atoms with Crippen molar-refractivity contribution in [2.75, 3.05) is 17.1 Å². The third-order valence-electron chi connectivity index (χ3n) is 3.19. The summed E-state index contributed by atoms with van der Waals surface area (Å²) in [7, 11) is -3.70. The highest BCUT2D eigenvalue weighted by Gasteiger charge is 2.21. The molecule has 0 radical (unpaired) electrons. The molecule has 0 atom stereocenters. The van der Waals surface area contributed by atoms with Crippen molar-refractivity contribution in [2.45, 2.75) is 19.3 Å². The number of amides is 1. The van der Waals surface area contributed by atoms with Crippen LogP contribution in [0.4, 0.5) is 10.1 Å². The molecule has 1 aromatic carbocycles. The fourth-order valence-electron chi connectivity index (χ4n) is 2.14. The molecule has 0 spiro atoms. The van der Waals surface area contributed by atoms with Gasteiger partial charge in [-0.2, -0.15) is 0 Å². The van der Waals surface area contributed by atoms with Crippen LogP contribution in [0.5, 0.6) is 0 Å². The molecule has 120 valence electrons. The zero-order valence-corrected chi connectivity index (χ0v) is 13.0. The number of anilines is 1. The largest absolute Gasteiger partial charge is 0.303 e. The normalized spacial score (nSPS) is 14.4. The topological polar surface area (TPSA) is 78.5 Å². The van der Waals surface area contributed by atoms with Crippen molar-refractivity contribution in [3.05, 3.63) is 41.9 Å². The number of hydrogen-bond donors (Lipinski definition) is 2. The molecule has 22 heavy (non-hydrogen) atoms. The fraction of sp³-hybridized carbons (Fsp3) is 0.357. The zero-order valence-electron chi connectivity index (χ0n) is 12.2. The summed E-state index contributed by atoms with van der Waals surface area (Å²) in [4.78, 5) is 11.9. The van der Waals surface area contributed by atoms with Crippen LogP contribution >= 0.6 is 0 Å². The number of nitrogens with one attached hydrogen (secondary N) is 2. The Morgan fingerprint density at radius 3 is 2.77 bits per heavy atom. The van der Waals surface area contributed by atoms with Gasteiger partial charge >= 0.3 is 0 Å². The number of rotatable bonds is 6. The molecule has 0 aliphatic heterocycles. The van der Waals surface area contributed by atoms with Gasteiger partial charge in [-0.05, 0) is 37.5 Å². The number of carbonyl (C=O) groups is 1. The zero-order chi connectivity index (χ0) is 16.2. The molecule has 2 N–H and O–H groups in total. The number of hydrazine groups is 1. The van der Waals surface area contributed by atoms with E-state index < -0.39 is 28.3 Å².